The van der Waals surface area contributed by atoms with Gasteiger partial charge in [-0.1, -0.05) is 363 Å². The van der Waals surface area contributed by atoms with Gasteiger partial charge < -0.3 is 33.8 Å². The molecule has 3 N–H and O–H groups in total. The maximum Gasteiger partial charge on any atom is 0.472 e. The fourth-order valence-corrected chi connectivity index (χ4v) is 13.8. The lowest BCUT2D eigenvalue weighted by Gasteiger charge is -2.21. The van der Waals surface area contributed by atoms with Crippen LogP contribution in [-0.4, -0.2) is 96.7 Å². The van der Waals surface area contributed by atoms with Gasteiger partial charge in [-0.2, -0.15) is 0 Å². The largest absolute Gasteiger partial charge is 0.472 e. The molecule has 2 unspecified atom stereocenters. The van der Waals surface area contributed by atoms with Crippen molar-refractivity contribution >= 4 is 39.5 Å². The summed E-state index contributed by atoms with van der Waals surface area (Å²) in [4.78, 5) is 73.0. The van der Waals surface area contributed by atoms with Gasteiger partial charge in [0, 0.05) is 25.7 Å². The van der Waals surface area contributed by atoms with E-state index in [9.17, 15) is 43.2 Å². The highest BCUT2D eigenvalue weighted by molar-refractivity contribution is 7.47. The van der Waals surface area contributed by atoms with E-state index < -0.39 is 97.5 Å². The molecule has 0 aromatic carbocycles. The molecule has 0 bridgehead atoms. The molecule has 0 heterocycles. The Morgan fingerprint density at radius 3 is 0.694 bits per heavy atom. The van der Waals surface area contributed by atoms with Crippen molar-refractivity contribution in [3.8, 4) is 0 Å². The Hall–Kier alpha value is -1.94. The molecule has 0 aromatic rings. The summed E-state index contributed by atoms with van der Waals surface area (Å²) in [6.45, 7) is 9.65. The van der Waals surface area contributed by atoms with Crippen molar-refractivity contribution < 1.29 is 80.2 Å². The highest BCUT2D eigenvalue weighted by atomic mass is 31.2. The number of ether oxygens (including phenoxy) is 4. The standard InChI is InChI=1S/C79H154O17P2/c1-7-9-11-13-15-17-19-20-21-22-26-32-38-44-50-56-62-77(82)90-68-75(95-78(83)63-57-51-45-39-33-27-24-23-25-30-35-41-47-53-59-71(3)4)70-94-98(87,88)92-66-73(80)65-91-97(85,86)93-69-74(67-89-76(81)61-55-49-43-37-29-18-16-14-12-10-8-2)96-79(84)64-58-52-46-40-34-28-31-36-42-48-54-60-72(5)6/h71-75,80H,7-70H2,1-6H3,(H,85,86)(H,87,88)/t73-,74+,75+/m0/s1. The molecule has 0 aliphatic rings. The number of esters is 4. The van der Waals surface area contributed by atoms with E-state index in [2.05, 4.69) is 41.5 Å². The SMILES string of the molecule is CCCCCCCCCCCCCCCCCCC(=O)OC[C@H](COP(=O)(O)OC[C@@H](O)COP(=O)(O)OC[C@@H](COC(=O)CCCCCCCCCCCCC)OC(=O)CCCCCCCCCCCCCC(C)C)OC(=O)CCCCCCCCCCCCCCCCC(C)C. The summed E-state index contributed by atoms with van der Waals surface area (Å²) in [6, 6.07) is 0. The lowest BCUT2D eigenvalue weighted by molar-refractivity contribution is -0.161. The number of phosphoric ester groups is 2. The Morgan fingerprint density at radius 2 is 0.469 bits per heavy atom. The van der Waals surface area contributed by atoms with E-state index in [1.54, 1.807) is 0 Å². The second-order valence-electron chi connectivity index (χ2n) is 29.4. The van der Waals surface area contributed by atoms with E-state index in [-0.39, 0.29) is 25.7 Å². The summed E-state index contributed by atoms with van der Waals surface area (Å²) in [5, 5.41) is 10.6. The third-order valence-corrected chi connectivity index (χ3v) is 20.4. The van der Waals surface area contributed by atoms with Crippen LogP contribution in [-0.2, 0) is 65.4 Å². The minimum atomic E-state index is -4.96. The van der Waals surface area contributed by atoms with Crippen molar-refractivity contribution in [1.29, 1.82) is 0 Å². The van der Waals surface area contributed by atoms with Gasteiger partial charge in [-0.3, -0.25) is 37.3 Å². The molecule has 0 amide bonds. The summed E-state index contributed by atoms with van der Waals surface area (Å²) in [5.74, 6) is -0.549. The van der Waals surface area contributed by atoms with Gasteiger partial charge in [0.2, 0.25) is 0 Å². The van der Waals surface area contributed by atoms with E-state index in [4.69, 9.17) is 37.0 Å². The number of aliphatic hydroxyl groups excluding tert-OH is 1. The molecule has 0 aromatic heterocycles. The van der Waals surface area contributed by atoms with Crippen LogP contribution in [0, 0.1) is 11.8 Å². The van der Waals surface area contributed by atoms with Gasteiger partial charge in [0.05, 0.1) is 26.4 Å². The van der Waals surface area contributed by atoms with Gasteiger partial charge in [-0.25, -0.2) is 9.13 Å². The van der Waals surface area contributed by atoms with E-state index >= 15 is 0 Å². The van der Waals surface area contributed by atoms with E-state index in [0.29, 0.717) is 25.7 Å². The van der Waals surface area contributed by atoms with Crippen LogP contribution in [0.3, 0.4) is 0 Å². The minimum Gasteiger partial charge on any atom is -0.462 e. The molecule has 582 valence electrons. The predicted octanol–water partition coefficient (Wildman–Crippen LogP) is 23.5. The first-order chi connectivity index (χ1) is 47.4. The number of hydrogen-bond acceptors (Lipinski definition) is 15. The topological polar surface area (TPSA) is 237 Å². The molecule has 0 aliphatic heterocycles. The van der Waals surface area contributed by atoms with Crippen LogP contribution in [0.5, 0.6) is 0 Å². The molecule has 0 saturated heterocycles. The zero-order chi connectivity index (χ0) is 72.1. The molecule has 98 heavy (non-hydrogen) atoms. The molecule has 0 rings (SSSR count). The van der Waals surface area contributed by atoms with Crippen LogP contribution in [0.15, 0.2) is 0 Å². The number of carbonyl (C=O) groups excluding carboxylic acids is 4. The molecule has 0 radical (unpaired) electrons. The molecule has 19 heteroatoms. The molecule has 0 fully saturated rings. The first kappa shape index (κ1) is 96.1. The van der Waals surface area contributed by atoms with Crippen molar-refractivity contribution in [2.45, 2.75) is 432 Å². The molecule has 0 spiro atoms. The highest BCUT2D eigenvalue weighted by Gasteiger charge is 2.30. The Morgan fingerprint density at radius 1 is 0.276 bits per heavy atom. The fraction of sp³-hybridized carbons (Fsp3) is 0.949. The molecule has 17 nitrogen and oxygen atoms in total. The predicted molar refractivity (Wildman–Crippen MR) is 400 cm³/mol. The van der Waals surface area contributed by atoms with Crippen molar-refractivity contribution in [1.82, 2.24) is 0 Å². The van der Waals surface area contributed by atoms with Gasteiger partial charge in [0.1, 0.15) is 19.3 Å². The number of carbonyl (C=O) groups is 4. The summed E-state index contributed by atoms with van der Waals surface area (Å²) in [5.41, 5.74) is 0. The average Bonchev–Trinajstić information content (AvgIpc) is 1.16. The minimum absolute atomic E-state index is 0.107. The molecular formula is C79H154O17P2. The molecule has 5 atom stereocenters. The molecule has 0 aliphatic carbocycles. The van der Waals surface area contributed by atoms with E-state index in [1.807, 2.05) is 0 Å². The summed E-state index contributed by atoms with van der Waals surface area (Å²) in [6.07, 6.45) is 59.5. The van der Waals surface area contributed by atoms with Crippen molar-refractivity contribution in [2.75, 3.05) is 39.6 Å². The van der Waals surface area contributed by atoms with E-state index in [0.717, 1.165) is 102 Å². The second kappa shape index (κ2) is 70.7. The number of unbranched alkanes of at least 4 members (excludes halogenated alkanes) is 48. The van der Waals surface area contributed by atoms with Gasteiger partial charge in [0.15, 0.2) is 12.2 Å². The third kappa shape index (κ3) is 72.4. The smallest absolute Gasteiger partial charge is 0.462 e. The highest BCUT2D eigenvalue weighted by Crippen LogP contribution is 2.45. The van der Waals surface area contributed by atoms with Gasteiger partial charge in [-0.05, 0) is 37.5 Å². The first-order valence-corrected chi connectivity index (χ1v) is 44.0. The van der Waals surface area contributed by atoms with Crippen LogP contribution in [0.1, 0.15) is 414 Å². The van der Waals surface area contributed by atoms with Crippen LogP contribution < -0.4 is 0 Å². The van der Waals surface area contributed by atoms with E-state index in [1.165, 1.54) is 231 Å². The van der Waals surface area contributed by atoms with Crippen molar-refractivity contribution in [3.63, 3.8) is 0 Å². The normalized spacial score (nSPS) is 13.9. The number of aliphatic hydroxyl groups is 1. The third-order valence-electron chi connectivity index (χ3n) is 18.5. The Labute approximate surface area is 600 Å². The maximum absolute atomic E-state index is 13.1. The van der Waals surface area contributed by atoms with Crippen LogP contribution >= 0.6 is 15.6 Å². The van der Waals surface area contributed by atoms with Crippen LogP contribution in [0.2, 0.25) is 0 Å². The summed E-state index contributed by atoms with van der Waals surface area (Å²) < 4.78 is 68.7. The zero-order valence-electron chi connectivity index (χ0n) is 64.1. The Kier molecular flexibility index (Phi) is 69.3. The van der Waals surface area contributed by atoms with Gasteiger partial charge >= 0.3 is 39.5 Å². The lowest BCUT2D eigenvalue weighted by atomic mass is 10.0. The van der Waals surface area contributed by atoms with Crippen LogP contribution in [0.4, 0.5) is 0 Å². The van der Waals surface area contributed by atoms with Crippen molar-refractivity contribution in [3.05, 3.63) is 0 Å². The maximum atomic E-state index is 13.1. The second-order valence-corrected chi connectivity index (χ2v) is 32.3. The van der Waals surface area contributed by atoms with Crippen molar-refractivity contribution in [2.24, 2.45) is 11.8 Å². The Bertz CT molecular complexity index is 1890. The Balaban J connectivity index is 5.26. The lowest BCUT2D eigenvalue weighted by Crippen LogP contribution is -2.30. The zero-order valence-corrected chi connectivity index (χ0v) is 65.9. The first-order valence-electron chi connectivity index (χ1n) is 41.0. The molecule has 0 saturated carbocycles. The number of hydrogen-bond donors (Lipinski definition) is 3. The average molecular weight is 1440 g/mol. The number of phosphoric acid groups is 2. The fourth-order valence-electron chi connectivity index (χ4n) is 12.2. The quantitative estimate of drug-likeness (QED) is 0.0222. The summed E-state index contributed by atoms with van der Waals surface area (Å²) in [7, 11) is -9.92. The monoisotopic (exact) mass is 1440 g/mol. The summed E-state index contributed by atoms with van der Waals surface area (Å²) >= 11 is 0. The van der Waals surface area contributed by atoms with Gasteiger partial charge in [0.25, 0.3) is 0 Å². The molecular weight excluding hydrogens is 1280 g/mol. The number of rotatable bonds is 78. The van der Waals surface area contributed by atoms with Gasteiger partial charge in [-0.15, -0.1) is 0 Å². The van der Waals surface area contributed by atoms with Crippen LogP contribution in [0.25, 0.3) is 0 Å².